The standard InChI is InChI=1S/C20H27N5O2S/c1-13-15(5-4-8-22-13)28-16-11-23-19(24(3)18(16)26)25-9-6-20(7-10-25)12-27-14(2)17(20)21/h4-5,8,11,14,17H,6-7,9-10,12,21H2,1-3H3/t14-,17+/m0/s1. The highest BCUT2D eigenvalue weighted by molar-refractivity contribution is 7.99. The number of hydrogen-bond acceptors (Lipinski definition) is 7. The Bertz CT molecular complexity index is 923. The Kier molecular flexibility index (Phi) is 5.20. The molecular weight excluding hydrogens is 374 g/mol. The van der Waals surface area contributed by atoms with Crippen LogP contribution in [0.1, 0.15) is 25.5 Å². The molecule has 28 heavy (non-hydrogen) atoms. The van der Waals surface area contributed by atoms with E-state index >= 15 is 0 Å². The molecule has 1 spiro atoms. The molecule has 0 radical (unpaired) electrons. The molecule has 0 amide bonds. The lowest BCUT2D eigenvalue weighted by Gasteiger charge is -2.41. The number of anilines is 1. The number of ether oxygens (including phenoxy) is 1. The molecule has 0 aromatic carbocycles. The van der Waals surface area contributed by atoms with Gasteiger partial charge in [-0.2, -0.15) is 0 Å². The minimum Gasteiger partial charge on any atom is -0.376 e. The van der Waals surface area contributed by atoms with Crippen LogP contribution in [0.4, 0.5) is 5.95 Å². The molecule has 7 nitrogen and oxygen atoms in total. The Morgan fingerprint density at radius 2 is 2.04 bits per heavy atom. The summed E-state index contributed by atoms with van der Waals surface area (Å²) in [6, 6.07) is 3.93. The smallest absolute Gasteiger partial charge is 0.268 e. The van der Waals surface area contributed by atoms with Crippen LogP contribution >= 0.6 is 11.8 Å². The van der Waals surface area contributed by atoms with Crippen LogP contribution in [0, 0.1) is 12.3 Å². The maximum absolute atomic E-state index is 12.9. The summed E-state index contributed by atoms with van der Waals surface area (Å²) in [6.07, 6.45) is 5.47. The molecule has 2 atom stereocenters. The van der Waals surface area contributed by atoms with Gasteiger partial charge >= 0.3 is 0 Å². The Labute approximate surface area is 169 Å². The van der Waals surface area contributed by atoms with Gasteiger partial charge in [-0.1, -0.05) is 11.8 Å². The van der Waals surface area contributed by atoms with Crippen molar-refractivity contribution in [3.63, 3.8) is 0 Å². The predicted octanol–water partition coefficient (Wildman–Crippen LogP) is 1.97. The molecule has 2 fully saturated rings. The summed E-state index contributed by atoms with van der Waals surface area (Å²) in [5, 5.41) is 0. The third-order valence-electron chi connectivity index (χ3n) is 6.18. The molecule has 2 aromatic heterocycles. The summed E-state index contributed by atoms with van der Waals surface area (Å²) in [4.78, 5) is 25.6. The maximum Gasteiger partial charge on any atom is 0.268 e. The first-order valence-corrected chi connectivity index (χ1v) is 10.5. The van der Waals surface area contributed by atoms with Crippen LogP contribution < -0.4 is 16.2 Å². The van der Waals surface area contributed by atoms with Gasteiger partial charge in [-0.15, -0.1) is 0 Å². The first-order valence-electron chi connectivity index (χ1n) is 9.69. The number of hydrogen-bond donors (Lipinski definition) is 1. The van der Waals surface area contributed by atoms with Crippen LogP contribution in [-0.2, 0) is 11.8 Å². The number of nitrogens with two attached hydrogens (primary N) is 1. The second-order valence-corrected chi connectivity index (χ2v) is 8.95. The van der Waals surface area contributed by atoms with Crippen molar-refractivity contribution in [1.29, 1.82) is 0 Å². The van der Waals surface area contributed by atoms with E-state index in [4.69, 9.17) is 10.5 Å². The van der Waals surface area contributed by atoms with E-state index in [0.717, 1.165) is 43.1 Å². The second-order valence-electron chi connectivity index (χ2n) is 7.87. The molecule has 0 saturated carbocycles. The third kappa shape index (κ3) is 3.33. The van der Waals surface area contributed by atoms with E-state index in [0.29, 0.717) is 10.8 Å². The largest absolute Gasteiger partial charge is 0.376 e. The van der Waals surface area contributed by atoms with Gasteiger partial charge < -0.3 is 15.4 Å². The molecule has 0 unspecified atom stereocenters. The fourth-order valence-electron chi connectivity index (χ4n) is 4.20. The monoisotopic (exact) mass is 401 g/mol. The van der Waals surface area contributed by atoms with Crippen LogP contribution in [-0.4, -0.2) is 46.4 Å². The summed E-state index contributed by atoms with van der Waals surface area (Å²) >= 11 is 1.42. The van der Waals surface area contributed by atoms with Gasteiger partial charge in [0.05, 0.1) is 29.5 Å². The van der Waals surface area contributed by atoms with Gasteiger partial charge in [-0.05, 0) is 38.8 Å². The highest BCUT2D eigenvalue weighted by Crippen LogP contribution is 2.41. The predicted molar refractivity (Wildman–Crippen MR) is 110 cm³/mol. The Morgan fingerprint density at radius 3 is 2.68 bits per heavy atom. The van der Waals surface area contributed by atoms with Crippen molar-refractivity contribution >= 4 is 17.7 Å². The van der Waals surface area contributed by atoms with E-state index in [2.05, 4.69) is 21.8 Å². The second kappa shape index (κ2) is 7.50. The lowest BCUT2D eigenvalue weighted by atomic mass is 9.73. The molecule has 2 aromatic rings. The zero-order valence-corrected chi connectivity index (χ0v) is 17.4. The number of rotatable bonds is 3. The molecule has 8 heteroatoms. The number of aryl methyl sites for hydroxylation is 1. The van der Waals surface area contributed by atoms with Gasteiger partial charge in [-0.25, -0.2) is 4.98 Å². The van der Waals surface area contributed by atoms with Crippen LogP contribution in [0.5, 0.6) is 0 Å². The number of aromatic nitrogens is 3. The first-order chi connectivity index (χ1) is 13.4. The molecule has 4 heterocycles. The van der Waals surface area contributed by atoms with Gasteiger partial charge in [-0.3, -0.25) is 14.3 Å². The molecule has 2 saturated heterocycles. The number of nitrogens with zero attached hydrogens (tertiary/aromatic N) is 4. The summed E-state index contributed by atoms with van der Waals surface area (Å²) in [5.74, 6) is 0.715. The van der Waals surface area contributed by atoms with Crippen LogP contribution in [0.3, 0.4) is 0 Å². The summed E-state index contributed by atoms with van der Waals surface area (Å²) in [7, 11) is 1.79. The fourth-order valence-corrected chi connectivity index (χ4v) is 5.11. The van der Waals surface area contributed by atoms with E-state index in [1.165, 1.54) is 11.8 Å². The molecule has 150 valence electrons. The van der Waals surface area contributed by atoms with Crippen LogP contribution in [0.25, 0.3) is 0 Å². The number of pyridine rings is 1. The topological polar surface area (TPSA) is 86.3 Å². The fraction of sp³-hybridized carbons (Fsp3) is 0.550. The minimum atomic E-state index is -0.0342. The molecule has 2 aliphatic heterocycles. The van der Waals surface area contributed by atoms with Gasteiger partial charge in [0.1, 0.15) is 0 Å². The minimum absolute atomic E-state index is 0.0342. The molecule has 0 bridgehead atoms. The highest BCUT2D eigenvalue weighted by atomic mass is 32.2. The lowest BCUT2D eigenvalue weighted by Crippen LogP contribution is -2.51. The summed E-state index contributed by atoms with van der Waals surface area (Å²) in [5.41, 5.74) is 7.34. The molecule has 4 rings (SSSR count). The van der Waals surface area contributed by atoms with Gasteiger partial charge in [0.25, 0.3) is 5.56 Å². The zero-order chi connectivity index (χ0) is 19.9. The van der Waals surface area contributed by atoms with E-state index < -0.39 is 0 Å². The van der Waals surface area contributed by atoms with Gasteiger partial charge in [0.2, 0.25) is 5.95 Å². The molecular formula is C20H27N5O2S. The Morgan fingerprint density at radius 1 is 1.29 bits per heavy atom. The average molecular weight is 402 g/mol. The SMILES string of the molecule is Cc1ncccc1Sc1cnc(N2CCC3(CC2)CO[C@@H](C)[C@H]3N)n(C)c1=O. The van der Waals surface area contributed by atoms with Crippen molar-refractivity contribution in [3.8, 4) is 0 Å². The highest BCUT2D eigenvalue weighted by Gasteiger charge is 2.47. The first kappa shape index (κ1) is 19.4. The van der Waals surface area contributed by atoms with Crippen LogP contribution in [0.2, 0.25) is 0 Å². The van der Waals surface area contributed by atoms with Crippen LogP contribution in [0.15, 0.2) is 39.1 Å². The lowest BCUT2D eigenvalue weighted by molar-refractivity contribution is 0.0973. The van der Waals surface area contributed by atoms with E-state index in [1.54, 1.807) is 24.0 Å². The van der Waals surface area contributed by atoms with E-state index in [-0.39, 0.29) is 23.1 Å². The summed E-state index contributed by atoms with van der Waals surface area (Å²) in [6.45, 7) is 6.39. The quantitative estimate of drug-likeness (QED) is 0.841. The average Bonchev–Trinajstić information content (AvgIpc) is 2.97. The van der Waals surface area contributed by atoms with Gasteiger partial charge in [0, 0.05) is 42.7 Å². The molecule has 2 N–H and O–H groups in total. The zero-order valence-electron chi connectivity index (χ0n) is 16.6. The normalized spacial score (nSPS) is 24.1. The van der Waals surface area contributed by atoms with Crippen molar-refractivity contribution in [2.24, 2.45) is 18.2 Å². The Balaban J connectivity index is 1.52. The van der Waals surface area contributed by atoms with E-state index in [1.807, 2.05) is 19.1 Å². The van der Waals surface area contributed by atoms with Crippen molar-refractivity contribution in [3.05, 3.63) is 40.6 Å². The van der Waals surface area contributed by atoms with Gasteiger partial charge in [0.15, 0.2) is 0 Å². The van der Waals surface area contributed by atoms with E-state index in [9.17, 15) is 4.79 Å². The molecule has 0 aliphatic carbocycles. The molecule has 2 aliphatic rings. The van der Waals surface area contributed by atoms with Crippen molar-refractivity contribution in [2.45, 2.75) is 48.6 Å². The van der Waals surface area contributed by atoms with Crippen molar-refractivity contribution in [1.82, 2.24) is 14.5 Å². The maximum atomic E-state index is 12.9. The summed E-state index contributed by atoms with van der Waals surface area (Å²) < 4.78 is 7.45. The Hall–Kier alpha value is -1.90. The number of piperidine rings is 1. The van der Waals surface area contributed by atoms with Crippen molar-refractivity contribution < 1.29 is 4.74 Å². The third-order valence-corrected chi connectivity index (χ3v) is 7.33. The van der Waals surface area contributed by atoms with Crippen molar-refractivity contribution in [2.75, 3.05) is 24.6 Å².